The molecule has 1 rings (SSSR count). The smallest absolute Gasteiger partial charge is 0.404 e. The van der Waals surface area contributed by atoms with E-state index in [9.17, 15) is 35.5 Å². The summed E-state index contributed by atoms with van der Waals surface area (Å²) in [7, 11) is 0. The van der Waals surface area contributed by atoms with E-state index in [1.807, 2.05) is 0 Å². The molecule has 0 amide bonds. The van der Waals surface area contributed by atoms with Gasteiger partial charge in [0.2, 0.25) is 0 Å². The van der Waals surface area contributed by atoms with Crippen LogP contribution in [-0.4, -0.2) is 56.5 Å². The first kappa shape index (κ1) is 20.9. The maximum atomic E-state index is 13.3. The molecule has 0 aliphatic carbocycles. The fourth-order valence-corrected chi connectivity index (χ4v) is 2.00. The Bertz CT molecular complexity index is 441. The summed E-state index contributed by atoms with van der Waals surface area (Å²) in [5.74, 6) is -6.81. The molecule has 1 fully saturated rings. The summed E-state index contributed by atoms with van der Waals surface area (Å²) in [6, 6.07) is 0. The Hall–Kier alpha value is -1.10. The SMILES string of the molecule is CC1OCCOC1CC(C)(C(=O)OCC(F)(F)C(F)F)C(F)(F)F. The number of hydrogen-bond donors (Lipinski definition) is 0. The van der Waals surface area contributed by atoms with E-state index in [0.29, 0.717) is 6.92 Å². The summed E-state index contributed by atoms with van der Waals surface area (Å²) < 4.78 is 103. The molecule has 1 aliphatic rings. The molecular formula is C13H17F7O4. The van der Waals surface area contributed by atoms with Gasteiger partial charge in [0.15, 0.2) is 12.0 Å². The molecule has 1 saturated heterocycles. The molecule has 1 heterocycles. The average molecular weight is 370 g/mol. The van der Waals surface area contributed by atoms with Gasteiger partial charge in [-0.3, -0.25) is 4.79 Å². The van der Waals surface area contributed by atoms with Crippen LogP contribution >= 0.6 is 0 Å². The minimum absolute atomic E-state index is 0.00143. The third kappa shape index (κ3) is 4.71. The Kier molecular flexibility index (Phi) is 6.48. The number of ether oxygens (including phenoxy) is 3. The monoisotopic (exact) mass is 370 g/mol. The molecule has 3 unspecified atom stereocenters. The maximum Gasteiger partial charge on any atom is 0.404 e. The van der Waals surface area contributed by atoms with E-state index in [4.69, 9.17) is 9.47 Å². The summed E-state index contributed by atoms with van der Waals surface area (Å²) in [5.41, 5.74) is -3.20. The Labute approximate surface area is 133 Å². The summed E-state index contributed by atoms with van der Waals surface area (Å²) in [4.78, 5) is 11.7. The molecule has 0 N–H and O–H groups in total. The lowest BCUT2D eigenvalue weighted by molar-refractivity contribution is -0.251. The standard InChI is InChI=1S/C13H17F7O4/c1-7-8(23-4-3-22-7)5-11(2,13(18,19)20)10(21)24-6-12(16,17)9(14)15/h7-9H,3-6H2,1-2H3. The molecule has 0 spiro atoms. The van der Waals surface area contributed by atoms with Crippen LogP contribution in [0.15, 0.2) is 0 Å². The predicted molar refractivity (Wildman–Crippen MR) is 65.8 cm³/mol. The zero-order valence-corrected chi connectivity index (χ0v) is 12.8. The van der Waals surface area contributed by atoms with E-state index in [2.05, 4.69) is 4.74 Å². The lowest BCUT2D eigenvalue weighted by Gasteiger charge is -2.37. The minimum atomic E-state index is -5.16. The van der Waals surface area contributed by atoms with Crippen molar-refractivity contribution in [2.45, 2.75) is 51.0 Å². The largest absolute Gasteiger partial charge is 0.458 e. The molecule has 0 bridgehead atoms. The third-order valence-corrected chi connectivity index (χ3v) is 3.72. The van der Waals surface area contributed by atoms with Gasteiger partial charge in [0, 0.05) is 6.42 Å². The second-order valence-corrected chi connectivity index (χ2v) is 5.66. The van der Waals surface area contributed by atoms with Crippen LogP contribution in [0.3, 0.4) is 0 Å². The molecule has 0 aromatic rings. The highest BCUT2D eigenvalue weighted by Crippen LogP contribution is 2.44. The van der Waals surface area contributed by atoms with E-state index in [1.54, 1.807) is 0 Å². The van der Waals surface area contributed by atoms with E-state index in [0.717, 1.165) is 0 Å². The van der Waals surface area contributed by atoms with Crippen LogP contribution in [-0.2, 0) is 19.0 Å². The van der Waals surface area contributed by atoms with Gasteiger partial charge in [-0.2, -0.15) is 22.0 Å². The maximum absolute atomic E-state index is 13.3. The van der Waals surface area contributed by atoms with Gasteiger partial charge in [-0.15, -0.1) is 0 Å². The van der Waals surface area contributed by atoms with Gasteiger partial charge in [-0.25, -0.2) is 8.78 Å². The van der Waals surface area contributed by atoms with E-state index >= 15 is 0 Å². The number of rotatable bonds is 6. The van der Waals surface area contributed by atoms with Crippen LogP contribution in [0.2, 0.25) is 0 Å². The minimum Gasteiger partial charge on any atom is -0.458 e. The van der Waals surface area contributed by atoms with Crippen LogP contribution in [0.1, 0.15) is 20.3 Å². The van der Waals surface area contributed by atoms with Crippen molar-refractivity contribution in [2.24, 2.45) is 5.41 Å². The molecule has 142 valence electrons. The lowest BCUT2D eigenvalue weighted by Crippen LogP contribution is -2.50. The van der Waals surface area contributed by atoms with Crippen molar-refractivity contribution in [3.8, 4) is 0 Å². The van der Waals surface area contributed by atoms with Crippen molar-refractivity contribution in [1.82, 2.24) is 0 Å². The number of halogens is 7. The van der Waals surface area contributed by atoms with Crippen molar-refractivity contribution < 1.29 is 49.7 Å². The second kappa shape index (κ2) is 7.42. The Morgan fingerprint density at radius 1 is 1.17 bits per heavy atom. The molecule has 0 radical (unpaired) electrons. The zero-order valence-electron chi connectivity index (χ0n) is 12.8. The van der Waals surface area contributed by atoms with Gasteiger partial charge in [0.05, 0.1) is 25.4 Å². The Morgan fingerprint density at radius 2 is 1.71 bits per heavy atom. The van der Waals surface area contributed by atoms with Crippen molar-refractivity contribution in [3.05, 3.63) is 0 Å². The third-order valence-electron chi connectivity index (χ3n) is 3.72. The summed E-state index contributed by atoms with van der Waals surface area (Å²) in [5, 5.41) is 0. The highest BCUT2D eigenvalue weighted by Gasteiger charge is 2.60. The van der Waals surface area contributed by atoms with Gasteiger partial charge in [-0.1, -0.05) is 0 Å². The molecular weight excluding hydrogens is 353 g/mol. The molecule has 0 saturated carbocycles. The van der Waals surface area contributed by atoms with E-state index in [-0.39, 0.29) is 13.2 Å². The van der Waals surface area contributed by atoms with Gasteiger partial charge < -0.3 is 14.2 Å². The number of carbonyl (C=O) groups is 1. The molecule has 0 aromatic heterocycles. The van der Waals surface area contributed by atoms with Crippen molar-refractivity contribution in [3.63, 3.8) is 0 Å². The van der Waals surface area contributed by atoms with E-state index < -0.39 is 55.1 Å². The number of hydrogen-bond acceptors (Lipinski definition) is 4. The zero-order chi connectivity index (χ0) is 18.8. The van der Waals surface area contributed by atoms with Crippen LogP contribution in [0, 0.1) is 5.41 Å². The normalized spacial score (nSPS) is 25.4. The van der Waals surface area contributed by atoms with Crippen molar-refractivity contribution in [2.75, 3.05) is 19.8 Å². The number of esters is 1. The summed E-state index contributed by atoms with van der Waals surface area (Å²) in [6.45, 7) is -0.114. The van der Waals surface area contributed by atoms with Crippen LogP contribution < -0.4 is 0 Å². The molecule has 0 aromatic carbocycles. The second-order valence-electron chi connectivity index (χ2n) is 5.66. The summed E-state index contributed by atoms with van der Waals surface area (Å²) in [6.07, 6.45) is -12.2. The molecule has 4 nitrogen and oxygen atoms in total. The van der Waals surface area contributed by atoms with E-state index in [1.165, 1.54) is 6.92 Å². The van der Waals surface area contributed by atoms with Crippen LogP contribution in [0.4, 0.5) is 30.7 Å². The average Bonchev–Trinajstić information content (AvgIpc) is 2.45. The van der Waals surface area contributed by atoms with Gasteiger partial charge in [0.1, 0.15) is 0 Å². The fourth-order valence-electron chi connectivity index (χ4n) is 2.00. The first-order valence-corrected chi connectivity index (χ1v) is 6.94. The molecule has 1 aliphatic heterocycles. The predicted octanol–water partition coefficient (Wildman–Crippen LogP) is 3.19. The quantitative estimate of drug-likeness (QED) is 0.532. The lowest BCUT2D eigenvalue weighted by atomic mass is 9.82. The first-order valence-electron chi connectivity index (χ1n) is 6.94. The van der Waals surface area contributed by atoms with Gasteiger partial charge >= 0.3 is 24.5 Å². The highest BCUT2D eigenvalue weighted by molar-refractivity contribution is 5.77. The van der Waals surface area contributed by atoms with Crippen molar-refractivity contribution >= 4 is 5.97 Å². The van der Waals surface area contributed by atoms with Gasteiger partial charge in [0.25, 0.3) is 0 Å². The molecule has 24 heavy (non-hydrogen) atoms. The van der Waals surface area contributed by atoms with Crippen molar-refractivity contribution in [1.29, 1.82) is 0 Å². The molecule has 11 heteroatoms. The van der Waals surface area contributed by atoms with Crippen LogP contribution in [0.25, 0.3) is 0 Å². The number of alkyl halides is 7. The highest BCUT2D eigenvalue weighted by atomic mass is 19.4. The summed E-state index contributed by atoms with van der Waals surface area (Å²) >= 11 is 0. The molecule has 3 atom stereocenters. The Balaban J connectivity index is 2.89. The topological polar surface area (TPSA) is 44.8 Å². The van der Waals surface area contributed by atoms with Crippen LogP contribution in [0.5, 0.6) is 0 Å². The first-order chi connectivity index (χ1) is 10.8. The Morgan fingerprint density at radius 3 is 2.17 bits per heavy atom. The fraction of sp³-hybridized carbons (Fsp3) is 0.923. The number of carbonyl (C=O) groups excluding carboxylic acids is 1. The van der Waals surface area contributed by atoms with Gasteiger partial charge in [-0.05, 0) is 13.8 Å².